The molecule has 0 N–H and O–H groups in total. The molecule has 4 rings (SSSR count). The minimum Gasteiger partial charge on any atom is -0.426 e. The second-order valence-corrected chi connectivity index (χ2v) is 14.3. The quantitative estimate of drug-likeness (QED) is 0.0911. The number of carbonyl (C=O) groups excluding carboxylic acids is 1. The molecule has 2 saturated carbocycles. The van der Waals surface area contributed by atoms with Gasteiger partial charge in [0.15, 0.2) is 5.82 Å². The first-order valence-electron chi connectivity index (χ1n) is 18.8. The molecule has 1 heterocycles. The van der Waals surface area contributed by atoms with Gasteiger partial charge in [0.2, 0.25) is 0 Å². The van der Waals surface area contributed by atoms with Crippen LogP contribution in [0.25, 0.3) is 11.4 Å². The van der Waals surface area contributed by atoms with E-state index in [1.165, 1.54) is 121 Å². The highest BCUT2D eigenvalue weighted by molar-refractivity contribution is 5.75. The molecular weight excluding hydrogens is 540 g/mol. The fraction of sp³-hybridized carbons (Fsp3) is 0.725. The molecule has 2 aliphatic carbocycles. The molecule has 0 amide bonds. The van der Waals surface area contributed by atoms with Crippen LogP contribution in [0.2, 0.25) is 0 Å². The Labute approximate surface area is 269 Å². The van der Waals surface area contributed by atoms with Crippen LogP contribution in [0.5, 0.6) is 5.75 Å². The lowest BCUT2D eigenvalue weighted by Crippen LogP contribution is -2.25. The Bertz CT molecular complexity index is 1030. The van der Waals surface area contributed by atoms with Crippen LogP contribution >= 0.6 is 0 Å². The maximum atomic E-state index is 12.8. The van der Waals surface area contributed by atoms with Crippen LogP contribution in [0.3, 0.4) is 0 Å². The van der Waals surface area contributed by atoms with Gasteiger partial charge in [-0.15, -0.1) is 0 Å². The van der Waals surface area contributed by atoms with Crippen LogP contribution in [0.15, 0.2) is 36.7 Å². The second kappa shape index (κ2) is 20.0. The summed E-state index contributed by atoms with van der Waals surface area (Å²) in [7, 11) is 0. The fourth-order valence-electron chi connectivity index (χ4n) is 7.62. The van der Waals surface area contributed by atoms with Crippen molar-refractivity contribution in [3.8, 4) is 17.1 Å². The summed E-state index contributed by atoms with van der Waals surface area (Å²) in [5.74, 6) is 3.96. The summed E-state index contributed by atoms with van der Waals surface area (Å²) in [5.41, 5.74) is 2.19. The van der Waals surface area contributed by atoms with Crippen LogP contribution < -0.4 is 4.74 Å². The zero-order valence-electron chi connectivity index (χ0n) is 28.2. The first-order valence-corrected chi connectivity index (χ1v) is 18.8. The van der Waals surface area contributed by atoms with E-state index in [1.54, 1.807) is 0 Å². The summed E-state index contributed by atoms with van der Waals surface area (Å²) in [6.45, 7) is 4.55. The van der Waals surface area contributed by atoms with Gasteiger partial charge in [0.05, 0.1) is 5.92 Å². The molecule has 0 unspecified atom stereocenters. The number of aromatic nitrogens is 2. The van der Waals surface area contributed by atoms with E-state index in [-0.39, 0.29) is 11.9 Å². The molecule has 244 valence electrons. The number of carbonyl (C=O) groups is 1. The van der Waals surface area contributed by atoms with Crippen LogP contribution in [-0.4, -0.2) is 15.9 Å². The van der Waals surface area contributed by atoms with E-state index in [4.69, 9.17) is 4.74 Å². The highest BCUT2D eigenvalue weighted by atomic mass is 16.5. The monoisotopic (exact) mass is 602 g/mol. The number of hydrogen-bond donors (Lipinski definition) is 0. The number of benzene rings is 1. The number of rotatable bonds is 19. The lowest BCUT2D eigenvalue weighted by Gasteiger charge is -2.28. The molecule has 1 aromatic heterocycles. The first kappa shape index (κ1) is 34.6. The second-order valence-electron chi connectivity index (χ2n) is 14.3. The van der Waals surface area contributed by atoms with Gasteiger partial charge in [-0.25, -0.2) is 9.97 Å². The van der Waals surface area contributed by atoms with E-state index in [1.807, 2.05) is 36.7 Å². The van der Waals surface area contributed by atoms with Crippen molar-refractivity contribution in [3.63, 3.8) is 0 Å². The van der Waals surface area contributed by atoms with E-state index in [0.717, 1.165) is 61.2 Å². The van der Waals surface area contributed by atoms with Crippen LogP contribution in [0.4, 0.5) is 0 Å². The molecule has 44 heavy (non-hydrogen) atoms. The van der Waals surface area contributed by atoms with E-state index in [2.05, 4.69) is 23.8 Å². The summed E-state index contributed by atoms with van der Waals surface area (Å²) in [4.78, 5) is 22.1. The van der Waals surface area contributed by atoms with Gasteiger partial charge in [-0.3, -0.25) is 4.79 Å². The zero-order chi connectivity index (χ0) is 30.8. The van der Waals surface area contributed by atoms with Crippen molar-refractivity contribution >= 4 is 5.97 Å². The van der Waals surface area contributed by atoms with Gasteiger partial charge in [-0.1, -0.05) is 123 Å². The molecule has 2 aliphatic rings. The Kier molecular flexibility index (Phi) is 15.8. The smallest absolute Gasteiger partial charge is 0.314 e. The fourth-order valence-corrected chi connectivity index (χ4v) is 7.62. The van der Waals surface area contributed by atoms with Crippen molar-refractivity contribution < 1.29 is 9.53 Å². The normalized spacial score (nSPS) is 22.1. The standard InChI is InChI=1S/C40H62N2O2/c1-3-5-7-8-9-10-11-13-15-32-16-18-34(19-17-32)20-21-35-30-41-39(42-31-35)36-26-28-38(29-27-36)44-40(43)37-24-22-33(23-25-37)14-12-6-4-2/h26-34,37H,3-25H2,1-2H3/t32-,33?,34-,37?. The number of ether oxygens (including phenoxy) is 1. The predicted octanol–water partition coefficient (Wildman–Crippen LogP) is 11.7. The number of hydrogen-bond acceptors (Lipinski definition) is 4. The van der Waals surface area contributed by atoms with E-state index < -0.39 is 0 Å². The summed E-state index contributed by atoms with van der Waals surface area (Å²) in [6, 6.07) is 7.69. The molecule has 0 aliphatic heterocycles. The molecular formula is C40H62N2O2. The highest BCUT2D eigenvalue weighted by Gasteiger charge is 2.27. The summed E-state index contributed by atoms with van der Waals surface area (Å²) in [6.07, 6.45) is 34.4. The Morgan fingerprint density at radius 2 is 1.11 bits per heavy atom. The van der Waals surface area contributed by atoms with Crippen molar-refractivity contribution in [2.45, 2.75) is 162 Å². The molecule has 4 nitrogen and oxygen atoms in total. The first-order chi connectivity index (χ1) is 21.6. The zero-order valence-corrected chi connectivity index (χ0v) is 28.2. The molecule has 0 saturated heterocycles. The SMILES string of the molecule is CCCCCCCCCC[C@H]1CC[C@H](CCc2cnc(-c3ccc(OC(=O)C4CCC(CCCCC)CC4)cc3)nc2)CC1. The topological polar surface area (TPSA) is 52.1 Å². The highest BCUT2D eigenvalue weighted by Crippen LogP contribution is 2.35. The van der Waals surface area contributed by atoms with Gasteiger partial charge >= 0.3 is 5.97 Å². The van der Waals surface area contributed by atoms with E-state index in [9.17, 15) is 4.79 Å². The Morgan fingerprint density at radius 1 is 0.636 bits per heavy atom. The average Bonchev–Trinajstić information content (AvgIpc) is 3.06. The molecule has 0 spiro atoms. The Balaban J connectivity index is 1.09. The van der Waals surface area contributed by atoms with Crippen LogP contribution in [0.1, 0.15) is 161 Å². The number of unbranched alkanes of at least 4 members (excludes halogenated alkanes) is 9. The molecule has 0 bridgehead atoms. The third-order valence-corrected chi connectivity index (χ3v) is 10.7. The van der Waals surface area contributed by atoms with Gasteiger partial charge in [-0.05, 0) is 86.1 Å². The van der Waals surface area contributed by atoms with Crippen molar-refractivity contribution in [1.82, 2.24) is 9.97 Å². The summed E-state index contributed by atoms with van der Waals surface area (Å²) in [5, 5.41) is 0. The van der Waals surface area contributed by atoms with Crippen molar-refractivity contribution in [2.75, 3.05) is 0 Å². The lowest BCUT2D eigenvalue weighted by atomic mass is 9.78. The third-order valence-electron chi connectivity index (χ3n) is 10.7. The number of esters is 1. The van der Waals surface area contributed by atoms with Gasteiger partial charge in [0.25, 0.3) is 0 Å². The Hall–Kier alpha value is -2.23. The molecule has 2 aromatic rings. The number of aryl methyl sites for hydroxylation is 1. The molecule has 0 atom stereocenters. The minimum absolute atomic E-state index is 0.0442. The lowest BCUT2D eigenvalue weighted by molar-refractivity contribution is -0.140. The average molecular weight is 603 g/mol. The van der Waals surface area contributed by atoms with Gasteiger partial charge in [0, 0.05) is 18.0 Å². The van der Waals surface area contributed by atoms with Crippen LogP contribution in [-0.2, 0) is 11.2 Å². The van der Waals surface area contributed by atoms with Crippen molar-refractivity contribution in [1.29, 1.82) is 0 Å². The van der Waals surface area contributed by atoms with E-state index in [0.29, 0.717) is 5.75 Å². The van der Waals surface area contributed by atoms with E-state index >= 15 is 0 Å². The molecule has 2 fully saturated rings. The van der Waals surface area contributed by atoms with Crippen molar-refractivity contribution in [2.24, 2.45) is 23.7 Å². The van der Waals surface area contributed by atoms with Gasteiger partial charge < -0.3 is 4.74 Å². The van der Waals surface area contributed by atoms with Crippen molar-refractivity contribution in [3.05, 3.63) is 42.2 Å². The van der Waals surface area contributed by atoms with Crippen LogP contribution in [0, 0.1) is 23.7 Å². The molecule has 1 aromatic carbocycles. The van der Waals surface area contributed by atoms with Gasteiger partial charge in [-0.2, -0.15) is 0 Å². The largest absolute Gasteiger partial charge is 0.426 e. The maximum absolute atomic E-state index is 12.8. The minimum atomic E-state index is -0.0673. The molecule has 0 radical (unpaired) electrons. The van der Waals surface area contributed by atoms with Gasteiger partial charge in [0.1, 0.15) is 5.75 Å². The Morgan fingerprint density at radius 3 is 1.70 bits per heavy atom. The summed E-state index contributed by atoms with van der Waals surface area (Å²) >= 11 is 0. The predicted molar refractivity (Wildman–Crippen MR) is 184 cm³/mol. The maximum Gasteiger partial charge on any atom is 0.314 e. The summed E-state index contributed by atoms with van der Waals surface area (Å²) < 4.78 is 5.76. The number of nitrogens with zero attached hydrogens (tertiary/aromatic N) is 2. The molecule has 4 heteroatoms. The third kappa shape index (κ3) is 12.3.